The maximum absolute atomic E-state index is 11.6. The van der Waals surface area contributed by atoms with Gasteiger partial charge in [-0.05, 0) is 45.0 Å². The number of esters is 1. The van der Waals surface area contributed by atoms with E-state index < -0.39 is 17.7 Å². The van der Waals surface area contributed by atoms with Gasteiger partial charge in [-0.25, -0.2) is 9.59 Å². The number of alkyl carbamates (subject to hydrolysis) is 1. The average molecular weight is 300 g/mol. The van der Waals surface area contributed by atoms with Gasteiger partial charge >= 0.3 is 12.1 Å². The van der Waals surface area contributed by atoms with Crippen molar-refractivity contribution in [2.75, 3.05) is 13.2 Å². The van der Waals surface area contributed by atoms with Crippen LogP contribution in [0.4, 0.5) is 4.79 Å². The van der Waals surface area contributed by atoms with Crippen LogP contribution in [0.1, 0.15) is 31.1 Å². The topological polar surface area (TPSA) is 64.6 Å². The molecule has 6 heteroatoms. The lowest BCUT2D eigenvalue weighted by Crippen LogP contribution is -2.34. The van der Waals surface area contributed by atoms with Gasteiger partial charge in [-0.1, -0.05) is 11.6 Å². The molecule has 110 valence electrons. The summed E-state index contributed by atoms with van der Waals surface area (Å²) in [6.07, 6.45) is -0.542. The molecule has 0 atom stereocenters. The summed E-state index contributed by atoms with van der Waals surface area (Å²) in [5.41, 5.74) is -0.143. The number of rotatable bonds is 4. The summed E-state index contributed by atoms with van der Waals surface area (Å²) < 4.78 is 10.0. The van der Waals surface area contributed by atoms with Gasteiger partial charge in [0, 0.05) is 5.02 Å². The highest BCUT2D eigenvalue weighted by Gasteiger charge is 2.15. The van der Waals surface area contributed by atoms with Crippen molar-refractivity contribution in [2.45, 2.75) is 26.4 Å². The molecule has 0 heterocycles. The van der Waals surface area contributed by atoms with E-state index in [4.69, 9.17) is 21.1 Å². The van der Waals surface area contributed by atoms with E-state index in [9.17, 15) is 9.59 Å². The number of ether oxygens (including phenoxy) is 2. The van der Waals surface area contributed by atoms with Crippen LogP contribution in [-0.4, -0.2) is 30.8 Å². The molecule has 5 nitrogen and oxygen atoms in total. The van der Waals surface area contributed by atoms with Crippen LogP contribution in [-0.2, 0) is 9.47 Å². The van der Waals surface area contributed by atoms with Gasteiger partial charge in [0.05, 0.1) is 12.1 Å². The Hall–Kier alpha value is -1.75. The molecule has 0 aliphatic rings. The van der Waals surface area contributed by atoms with Crippen LogP contribution in [0.15, 0.2) is 24.3 Å². The van der Waals surface area contributed by atoms with E-state index in [1.165, 1.54) is 0 Å². The normalized spacial score (nSPS) is 10.8. The summed E-state index contributed by atoms with van der Waals surface area (Å²) >= 11 is 5.72. The maximum Gasteiger partial charge on any atom is 0.407 e. The van der Waals surface area contributed by atoms with Crippen LogP contribution in [0, 0.1) is 0 Å². The van der Waals surface area contributed by atoms with Crippen LogP contribution in [0.5, 0.6) is 0 Å². The summed E-state index contributed by atoms with van der Waals surface area (Å²) in [6, 6.07) is 6.37. The molecule has 0 aliphatic heterocycles. The van der Waals surface area contributed by atoms with Crippen molar-refractivity contribution < 1.29 is 19.1 Å². The molecule has 1 aromatic carbocycles. The number of benzene rings is 1. The van der Waals surface area contributed by atoms with E-state index in [2.05, 4.69) is 5.32 Å². The standard InChI is InChI=1S/C14H18ClNO4/c1-14(2,3)20-13(18)16-8-9-19-12(17)10-4-6-11(15)7-5-10/h4-7H,8-9H2,1-3H3,(H,16,18). The van der Waals surface area contributed by atoms with Crippen LogP contribution in [0.3, 0.4) is 0 Å². The number of hydrogen-bond donors (Lipinski definition) is 1. The zero-order valence-electron chi connectivity index (χ0n) is 11.7. The molecule has 0 saturated heterocycles. The molecule has 0 fully saturated rings. The highest BCUT2D eigenvalue weighted by Crippen LogP contribution is 2.10. The zero-order valence-corrected chi connectivity index (χ0v) is 12.5. The lowest BCUT2D eigenvalue weighted by molar-refractivity contribution is 0.0433. The molecule has 0 aromatic heterocycles. The third-order valence-corrected chi connectivity index (χ3v) is 2.34. The van der Waals surface area contributed by atoms with Gasteiger partial charge in [0.15, 0.2) is 0 Å². The first-order chi connectivity index (χ1) is 9.28. The van der Waals surface area contributed by atoms with Crippen molar-refractivity contribution in [3.63, 3.8) is 0 Å². The number of hydrogen-bond acceptors (Lipinski definition) is 4. The highest BCUT2D eigenvalue weighted by molar-refractivity contribution is 6.30. The maximum atomic E-state index is 11.6. The lowest BCUT2D eigenvalue weighted by Gasteiger charge is -2.19. The van der Waals surface area contributed by atoms with E-state index >= 15 is 0 Å². The predicted octanol–water partition coefficient (Wildman–Crippen LogP) is 3.02. The van der Waals surface area contributed by atoms with Crippen LogP contribution < -0.4 is 5.32 Å². The van der Waals surface area contributed by atoms with Crippen molar-refractivity contribution in [3.8, 4) is 0 Å². The Morgan fingerprint density at radius 1 is 1.20 bits per heavy atom. The van der Waals surface area contributed by atoms with Crippen LogP contribution in [0.2, 0.25) is 5.02 Å². The lowest BCUT2D eigenvalue weighted by atomic mass is 10.2. The predicted molar refractivity (Wildman–Crippen MR) is 76.0 cm³/mol. The third kappa shape index (κ3) is 6.43. The first-order valence-electron chi connectivity index (χ1n) is 6.17. The molecule has 0 bridgehead atoms. The van der Waals surface area contributed by atoms with E-state index in [1.54, 1.807) is 45.0 Å². The summed E-state index contributed by atoms with van der Waals surface area (Å²) in [7, 11) is 0. The zero-order chi connectivity index (χ0) is 15.2. The largest absolute Gasteiger partial charge is 0.460 e. The van der Waals surface area contributed by atoms with E-state index in [1.807, 2.05) is 0 Å². The Morgan fingerprint density at radius 3 is 2.35 bits per heavy atom. The fourth-order valence-electron chi connectivity index (χ4n) is 1.28. The Labute approximate surface area is 123 Å². The summed E-state index contributed by atoms with van der Waals surface area (Å²) in [5.74, 6) is -0.465. The molecule has 1 rings (SSSR count). The van der Waals surface area contributed by atoms with Crippen molar-refractivity contribution in [1.82, 2.24) is 5.32 Å². The van der Waals surface area contributed by atoms with Crippen molar-refractivity contribution in [3.05, 3.63) is 34.9 Å². The van der Waals surface area contributed by atoms with Gasteiger partial charge in [-0.15, -0.1) is 0 Å². The van der Waals surface area contributed by atoms with Gasteiger partial charge < -0.3 is 14.8 Å². The van der Waals surface area contributed by atoms with Crippen LogP contribution in [0.25, 0.3) is 0 Å². The quantitative estimate of drug-likeness (QED) is 0.685. The average Bonchev–Trinajstić information content (AvgIpc) is 2.33. The minimum atomic E-state index is -0.552. The Morgan fingerprint density at radius 2 is 1.80 bits per heavy atom. The third-order valence-electron chi connectivity index (χ3n) is 2.08. The van der Waals surface area contributed by atoms with Gasteiger partial charge in [0.2, 0.25) is 0 Å². The molecule has 0 radical (unpaired) electrons. The van der Waals surface area contributed by atoms with Gasteiger partial charge in [0.25, 0.3) is 0 Å². The number of carbonyl (C=O) groups is 2. The van der Waals surface area contributed by atoms with Crippen molar-refractivity contribution >= 4 is 23.7 Å². The summed E-state index contributed by atoms with van der Waals surface area (Å²) in [4.78, 5) is 22.9. The van der Waals surface area contributed by atoms with Crippen LogP contribution >= 0.6 is 11.6 Å². The molecule has 0 aliphatic carbocycles. The number of amides is 1. The Kier molecular flexibility index (Phi) is 5.82. The highest BCUT2D eigenvalue weighted by atomic mass is 35.5. The molecule has 0 unspecified atom stereocenters. The second-order valence-electron chi connectivity index (χ2n) is 5.07. The number of halogens is 1. The second-order valence-corrected chi connectivity index (χ2v) is 5.51. The first-order valence-corrected chi connectivity index (χ1v) is 6.55. The molecular weight excluding hydrogens is 282 g/mol. The Bertz CT molecular complexity index is 465. The monoisotopic (exact) mass is 299 g/mol. The molecular formula is C14H18ClNO4. The van der Waals surface area contributed by atoms with E-state index in [-0.39, 0.29) is 13.2 Å². The summed E-state index contributed by atoms with van der Waals surface area (Å²) in [6.45, 7) is 5.57. The first kappa shape index (κ1) is 16.3. The van der Waals surface area contributed by atoms with Crippen molar-refractivity contribution in [1.29, 1.82) is 0 Å². The Balaban J connectivity index is 2.26. The fourth-order valence-corrected chi connectivity index (χ4v) is 1.41. The molecule has 1 amide bonds. The SMILES string of the molecule is CC(C)(C)OC(=O)NCCOC(=O)c1ccc(Cl)cc1. The second kappa shape index (κ2) is 7.14. The molecule has 0 spiro atoms. The van der Waals surface area contributed by atoms with Crippen molar-refractivity contribution in [2.24, 2.45) is 0 Å². The number of nitrogens with one attached hydrogen (secondary N) is 1. The molecule has 0 saturated carbocycles. The minimum Gasteiger partial charge on any atom is -0.460 e. The minimum absolute atomic E-state index is 0.0701. The van der Waals surface area contributed by atoms with Gasteiger partial charge in [-0.3, -0.25) is 0 Å². The summed E-state index contributed by atoms with van der Waals surface area (Å²) in [5, 5.41) is 3.04. The smallest absolute Gasteiger partial charge is 0.407 e. The molecule has 20 heavy (non-hydrogen) atoms. The van der Waals surface area contributed by atoms with Gasteiger partial charge in [0.1, 0.15) is 12.2 Å². The fraction of sp³-hybridized carbons (Fsp3) is 0.429. The molecule has 1 N–H and O–H groups in total. The molecule has 1 aromatic rings. The van der Waals surface area contributed by atoms with E-state index in [0.29, 0.717) is 10.6 Å². The van der Waals surface area contributed by atoms with E-state index in [0.717, 1.165) is 0 Å². The number of carbonyl (C=O) groups excluding carboxylic acids is 2. The van der Waals surface area contributed by atoms with Gasteiger partial charge in [-0.2, -0.15) is 0 Å².